The molecule has 1 rings (SSSR count). The molecule has 0 aromatic heterocycles. The van der Waals surface area contributed by atoms with Crippen LogP contribution < -0.4 is 16.4 Å². The molecule has 0 fully saturated rings. The standard InChI is InChI=1S/C13H28N4/c14-8-3-5-9-15-10-6-12-17-13-7-2-1-4-11-16-13/h15H,1-12,14H2,(H,16,17). The zero-order valence-electron chi connectivity index (χ0n) is 11.0. The molecule has 4 heteroatoms. The van der Waals surface area contributed by atoms with Crippen LogP contribution in [0.2, 0.25) is 0 Å². The van der Waals surface area contributed by atoms with Gasteiger partial charge in [0.05, 0.1) is 5.84 Å². The minimum absolute atomic E-state index is 0.809. The smallest absolute Gasteiger partial charge is 0.0963 e. The molecule has 1 heterocycles. The molecule has 0 aromatic carbocycles. The molecule has 0 unspecified atom stereocenters. The van der Waals surface area contributed by atoms with Crippen molar-refractivity contribution in [1.82, 2.24) is 10.6 Å². The van der Waals surface area contributed by atoms with Crippen LogP contribution >= 0.6 is 0 Å². The average molecular weight is 240 g/mol. The van der Waals surface area contributed by atoms with Gasteiger partial charge in [-0.25, -0.2) is 0 Å². The molecular weight excluding hydrogens is 212 g/mol. The van der Waals surface area contributed by atoms with Gasteiger partial charge in [-0.15, -0.1) is 0 Å². The predicted molar refractivity (Wildman–Crippen MR) is 74.5 cm³/mol. The molecule has 0 radical (unpaired) electrons. The Bertz CT molecular complexity index is 204. The lowest BCUT2D eigenvalue weighted by atomic mass is 10.2. The van der Waals surface area contributed by atoms with Crippen LogP contribution in [0.4, 0.5) is 0 Å². The summed E-state index contributed by atoms with van der Waals surface area (Å²) in [5.74, 6) is 1.23. The molecule has 4 nitrogen and oxygen atoms in total. The minimum Gasteiger partial charge on any atom is -0.374 e. The van der Waals surface area contributed by atoms with Gasteiger partial charge in [0.15, 0.2) is 0 Å². The summed E-state index contributed by atoms with van der Waals surface area (Å²) < 4.78 is 0. The Morgan fingerprint density at radius 3 is 2.76 bits per heavy atom. The number of amidine groups is 1. The largest absolute Gasteiger partial charge is 0.374 e. The highest BCUT2D eigenvalue weighted by Crippen LogP contribution is 2.05. The van der Waals surface area contributed by atoms with E-state index in [1.165, 1.54) is 37.9 Å². The first kappa shape index (κ1) is 14.5. The van der Waals surface area contributed by atoms with Gasteiger partial charge in [0.25, 0.3) is 0 Å². The SMILES string of the molecule is NCCCCNCCCNC1=NCCCCC1. The third-order valence-corrected chi connectivity index (χ3v) is 3.04. The second-order valence-corrected chi connectivity index (χ2v) is 4.67. The van der Waals surface area contributed by atoms with Crippen molar-refractivity contribution in [2.45, 2.75) is 44.9 Å². The van der Waals surface area contributed by atoms with Crippen LogP contribution in [0.1, 0.15) is 44.9 Å². The summed E-state index contributed by atoms with van der Waals surface area (Å²) in [6, 6.07) is 0. The lowest BCUT2D eigenvalue weighted by Crippen LogP contribution is -2.27. The third kappa shape index (κ3) is 8.16. The fraction of sp³-hybridized carbons (Fsp3) is 0.923. The highest BCUT2D eigenvalue weighted by atomic mass is 15.0. The Morgan fingerprint density at radius 1 is 1.00 bits per heavy atom. The summed E-state index contributed by atoms with van der Waals surface area (Å²) in [7, 11) is 0. The number of aliphatic imine (C=N–C) groups is 1. The summed E-state index contributed by atoms with van der Waals surface area (Å²) in [6.45, 7) is 5.05. The van der Waals surface area contributed by atoms with Crippen molar-refractivity contribution in [3.05, 3.63) is 0 Å². The quantitative estimate of drug-likeness (QED) is 0.560. The second-order valence-electron chi connectivity index (χ2n) is 4.67. The number of rotatable bonds is 8. The maximum atomic E-state index is 5.44. The topological polar surface area (TPSA) is 62.4 Å². The first-order chi connectivity index (χ1) is 8.43. The highest BCUT2D eigenvalue weighted by Gasteiger charge is 2.02. The predicted octanol–water partition coefficient (Wildman–Crippen LogP) is 1.27. The number of hydrogen-bond donors (Lipinski definition) is 3. The van der Waals surface area contributed by atoms with E-state index in [1.807, 2.05) is 0 Å². The van der Waals surface area contributed by atoms with E-state index < -0.39 is 0 Å². The Morgan fingerprint density at radius 2 is 1.88 bits per heavy atom. The van der Waals surface area contributed by atoms with Gasteiger partial charge in [-0.2, -0.15) is 0 Å². The van der Waals surface area contributed by atoms with Gasteiger partial charge in [-0.1, -0.05) is 6.42 Å². The fourth-order valence-electron chi connectivity index (χ4n) is 1.98. The molecule has 0 spiro atoms. The first-order valence-corrected chi connectivity index (χ1v) is 7.11. The molecule has 17 heavy (non-hydrogen) atoms. The van der Waals surface area contributed by atoms with E-state index in [-0.39, 0.29) is 0 Å². The summed E-state index contributed by atoms with van der Waals surface area (Å²) in [6.07, 6.45) is 8.51. The summed E-state index contributed by atoms with van der Waals surface area (Å²) >= 11 is 0. The zero-order chi connectivity index (χ0) is 12.2. The number of unbranched alkanes of at least 4 members (excludes halogenated alkanes) is 1. The van der Waals surface area contributed by atoms with Crippen LogP contribution in [0, 0.1) is 0 Å². The molecule has 0 aromatic rings. The van der Waals surface area contributed by atoms with E-state index in [1.54, 1.807) is 0 Å². The number of nitrogens with zero attached hydrogens (tertiary/aromatic N) is 1. The molecule has 0 aliphatic carbocycles. The van der Waals surface area contributed by atoms with Crippen molar-refractivity contribution in [3.8, 4) is 0 Å². The normalized spacial score (nSPS) is 16.4. The van der Waals surface area contributed by atoms with Crippen molar-refractivity contribution in [2.75, 3.05) is 32.7 Å². The first-order valence-electron chi connectivity index (χ1n) is 7.11. The van der Waals surface area contributed by atoms with E-state index in [2.05, 4.69) is 15.6 Å². The van der Waals surface area contributed by atoms with Crippen molar-refractivity contribution in [3.63, 3.8) is 0 Å². The van der Waals surface area contributed by atoms with Gasteiger partial charge >= 0.3 is 0 Å². The van der Waals surface area contributed by atoms with Crippen molar-refractivity contribution < 1.29 is 0 Å². The van der Waals surface area contributed by atoms with E-state index in [0.29, 0.717) is 0 Å². The summed E-state index contributed by atoms with van der Waals surface area (Å²) in [5, 5.41) is 6.89. The molecule has 0 amide bonds. The molecule has 4 N–H and O–H groups in total. The van der Waals surface area contributed by atoms with Crippen LogP contribution in [0.25, 0.3) is 0 Å². The van der Waals surface area contributed by atoms with Gasteiger partial charge in [0, 0.05) is 19.5 Å². The number of nitrogens with one attached hydrogen (secondary N) is 2. The molecule has 1 aliphatic rings. The number of hydrogen-bond acceptors (Lipinski definition) is 4. The maximum Gasteiger partial charge on any atom is 0.0963 e. The Hall–Kier alpha value is -0.610. The Kier molecular flexibility index (Phi) is 8.96. The molecule has 100 valence electrons. The van der Waals surface area contributed by atoms with Crippen LogP contribution in [-0.2, 0) is 0 Å². The van der Waals surface area contributed by atoms with E-state index in [9.17, 15) is 0 Å². The monoisotopic (exact) mass is 240 g/mol. The summed E-state index contributed by atoms with van der Waals surface area (Å²) in [4.78, 5) is 4.55. The van der Waals surface area contributed by atoms with Gasteiger partial charge < -0.3 is 16.4 Å². The lowest BCUT2D eigenvalue weighted by Gasteiger charge is -2.08. The molecule has 1 aliphatic heterocycles. The molecule has 0 saturated heterocycles. The van der Waals surface area contributed by atoms with Crippen LogP contribution in [0.15, 0.2) is 4.99 Å². The lowest BCUT2D eigenvalue weighted by molar-refractivity contribution is 0.601. The van der Waals surface area contributed by atoms with Crippen LogP contribution in [-0.4, -0.2) is 38.6 Å². The van der Waals surface area contributed by atoms with E-state index in [4.69, 9.17) is 5.73 Å². The minimum atomic E-state index is 0.809. The van der Waals surface area contributed by atoms with Crippen LogP contribution in [0.5, 0.6) is 0 Å². The molecule has 0 saturated carbocycles. The Labute approximate surface area is 105 Å². The Balaban J connectivity index is 1.88. The summed E-state index contributed by atoms with van der Waals surface area (Å²) in [5.41, 5.74) is 5.44. The van der Waals surface area contributed by atoms with Crippen molar-refractivity contribution in [2.24, 2.45) is 10.7 Å². The average Bonchev–Trinajstić information content (AvgIpc) is 2.61. The number of nitrogens with two attached hydrogens (primary N) is 1. The molecule has 0 atom stereocenters. The van der Waals surface area contributed by atoms with Gasteiger partial charge in [0.2, 0.25) is 0 Å². The third-order valence-electron chi connectivity index (χ3n) is 3.04. The highest BCUT2D eigenvalue weighted by molar-refractivity contribution is 5.82. The van der Waals surface area contributed by atoms with Crippen molar-refractivity contribution >= 4 is 5.84 Å². The molecular formula is C13H28N4. The zero-order valence-corrected chi connectivity index (χ0v) is 11.0. The van der Waals surface area contributed by atoms with Gasteiger partial charge in [-0.3, -0.25) is 4.99 Å². The fourth-order valence-corrected chi connectivity index (χ4v) is 1.98. The maximum absolute atomic E-state index is 5.44. The van der Waals surface area contributed by atoms with Crippen molar-refractivity contribution in [1.29, 1.82) is 0 Å². The van der Waals surface area contributed by atoms with Gasteiger partial charge in [-0.05, 0) is 51.7 Å². The van der Waals surface area contributed by atoms with Gasteiger partial charge in [0.1, 0.15) is 0 Å². The van der Waals surface area contributed by atoms with E-state index >= 15 is 0 Å². The second kappa shape index (κ2) is 10.5. The molecule has 0 bridgehead atoms. The van der Waals surface area contributed by atoms with Crippen LogP contribution in [0.3, 0.4) is 0 Å². The van der Waals surface area contributed by atoms with E-state index in [0.717, 1.165) is 45.6 Å².